The van der Waals surface area contributed by atoms with Crippen molar-refractivity contribution in [3.05, 3.63) is 27.5 Å². The van der Waals surface area contributed by atoms with Gasteiger partial charge in [-0.05, 0) is 16.9 Å². The smallest absolute Gasteiger partial charge is 0.343 e. The van der Waals surface area contributed by atoms with Crippen molar-refractivity contribution in [2.75, 3.05) is 6.61 Å². The van der Waals surface area contributed by atoms with Crippen LogP contribution in [0.4, 0.5) is 5.82 Å². The molecule has 1 aliphatic heterocycles. The van der Waals surface area contributed by atoms with E-state index >= 15 is 0 Å². The standard InChI is InChI=1S/C9H12N6O4S/c1-6(16)19-3-2-13-8(15(17)18)4-11-9(13)7-5-20-12-14(7)10/h4-5,12H,2-3,10H2,1H3. The Morgan fingerprint density at radius 2 is 2.45 bits per heavy atom. The van der Waals surface area contributed by atoms with Crippen LogP contribution in [0.15, 0.2) is 11.6 Å². The van der Waals surface area contributed by atoms with Crippen molar-refractivity contribution < 1.29 is 14.5 Å². The topological polar surface area (TPSA) is 129 Å². The molecule has 0 fully saturated rings. The van der Waals surface area contributed by atoms with Crippen LogP contribution in [0.5, 0.6) is 0 Å². The molecule has 1 aromatic rings. The van der Waals surface area contributed by atoms with Crippen LogP contribution < -0.4 is 10.7 Å². The fourth-order valence-corrected chi connectivity index (χ4v) is 2.22. The van der Waals surface area contributed by atoms with Crippen LogP contribution in [-0.4, -0.2) is 32.2 Å². The minimum Gasteiger partial charge on any atom is -0.462 e. The average molecular weight is 300 g/mol. The summed E-state index contributed by atoms with van der Waals surface area (Å²) in [6.45, 7) is 1.39. The third kappa shape index (κ3) is 2.89. The van der Waals surface area contributed by atoms with Crippen molar-refractivity contribution in [3.8, 4) is 0 Å². The maximum absolute atomic E-state index is 11.0. The lowest BCUT2D eigenvalue weighted by Crippen LogP contribution is -2.35. The Hall–Kier alpha value is -2.11. The lowest BCUT2D eigenvalue weighted by molar-refractivity contribution is -0.392. The molecule has 0 spiro atoms. The number of nitrogens with two attached hydrogens (primary N) is 1. The molecule has 0 saturated heterocycles. The molecule has 10 nitrogen and oxygen atoms in total. The number of hydrazine groups is 2. The maximum atomic E-state index is 11.0. The van der Waals surface area contributed by atoms with Crippen molar-refractivity contribution in [2.45, 2.75) is 13.5 Å². The number of imidazole rings is 1. The molecule has 2 rings (SSSR count). The maximum Gasteiger partial charge on any atom is 0.343 e. The predicted molar refractivity (Wildman–Crippen MR) is 70.2 cm³/mol. The summed E-state index contributed by atoms with van der Waals surface area (Å²) in [5.74, 6) is 5.34. The Bertz CT molecular complexity index is 571. The van der Waals surface area contributed by atoms with E-state index in [1.165, 1.54) is 28.6 Å². The molecule has 11 heteroatoms. The van der Waals surface area contributed by atoms with Crippen LogP contribution >= 0.6 is 11.9 Å². The number of carbonyl (C=O) groups is 1. The molecule has 2 heterocycles. The highest BCUT2D eigenvalue weighted by molar-refractivity contribution is 8.00. The normalized spacial score (nSPS) is 14.3. The Kier molecular flexibility index (Phi) is 4.22. The summed E-state index contributed by atoms with van der Waals surface area (Å²) in [6, 6.07) is 0. The summed E-state index contributed by atoms with van der Waals surface area (Å²) in [7, 11) is 0. The van der Waals surface area contributed by atoms with Gasteiger partial charge in [-0.25, -0.2) is 20.5 Å². The quantitative estimate of drug-likeness (QED) is 0.253. The van der Waals surface area contributed by atoms with E-state index in [1.807, 2.05) is 0 Å². The van der Waals surface area contributed by atoms with Crippen molar-refractivity contribution in [2.24, 2.45) is 5.84 Å². The molecular formula is C9H12N6O4S. The fraction of sp³-hybridized carbons (Fsp3) is 0.333. The van der Waals surface area contributed by atoms with Crippen LogP contribution in [0.25, 0.3) is 5.70 Å². The largest absolute Gasteiger partial charge is 0.462 e. The second-order valence-electron chi connectivity index (χ2n) is 3.77. The Morgan fingerprint density at radius 3 is 3.00 bits per heavy atom. The monoisotopic (exact) mass is 300 g/mol. The van der Waals surface area contributed by atoms with E-state index in [0.29, 0.717) is 11.5 Å². The molecule has 1 aliphatic rings. The van der Waals surface area contributed by atoms with Gasteiger partial charge in [0.1, 0.15) is 25.0 Å². The van der Waals surface area contributed by atoms with E-state index < -0.39 is 10.9 Å². The minimum absolute atomic E-state index is 0.0119. The predicted octanol–water partition coefficient (Wildman–Crippen LogP) is -0.00510. The summed E-state index contributed by atoms with van der Waals surface area (Å²) in [6.07, 6.45) is 1.14. The zero-order chi connectivity index (χ0) is 14.7. The molecule has 0 amide bonds. The number of ether oxygens (including phenoxy) is 1. The van der Waals surface area contributed by atoms with E-state index in [9.17, 15) is 14.9 Å². The summed E-state index contributed by atoms with van der Waals surface area (Å²) in [5, 5.41) is 13.9. The fourth-order valence-electron chi connectivity index (χ4n) is 1.62. The first kappa shape index (κ1) is 14.3. The SMILES string of the molecule is CC(=O)OCCn1c([N+](=O)[O-])cnc1C1=CSNN1N. The van der Waals surface area contributed by atoms with Gasteiger partial charge in [0, 0.05) is 12.3 Å². The van der Waals surface area contributed by atoms with E-state index in [0.717, 1.165) is 6.20 Å². The first-order valence-electron chi connectivity index (χ1n) is 5.50. The molecule has 0 aliphatic carbocycles. The van der Waals surface area contributed by atoms with Crippen molar-refractivity contribution >= 4 is 29.4 Å². The molecule has 0 saturated carbocycles. The lowest BCUT2D eigenvalue weighted by Gasteiger charge is -2.13. The van der Waals surface area contributed by atoms with Crippen LogP contribution in [0.2, 0.25) is 0 Å². The average Bonchev–Trinajstić information content (AvgIpc) is 2.94. The van der Waals surface area contributed by atoms with Crippen molar-refractivity contribution in [1.29, 1.82) is 0 Å². The van der Waals surface area contributed by atoms with Crippen LogP contribution in [0, 0.1) is 10.1 Å². The van der Waals surface area contributed by atoms with Gasteiger partial charge in [-0.2, -0.15) is 4.83 Å². The minimum atomic E-state index is -0.554. The highest BCUT2D eigenvalue weighted by Gasteiger charge is 2.27. The molecule has 0 radical (unpaired) electrons. The molecular weight excluding hydrogens is 288 g/mol. The van der Waals surface area contributed by atoms with E-state index in [4.69, 9.17) is 10.6 Å². The van der Waals surface area contributed by atoms with Gasteiger partial charge in [0.25, 0.3) is 0 Å². The molecule has 0 aromatic carbocycles. The van der Waals surface area contributed by atoms with Gasteiger partial charge in [-0.3, -0.25) is 4.79 Å². The molecule has 1 aromatic heterocycles. The second kappa shape index (κ2) is 5.90. The number of rotatable bonds is 5. The van der Waals surface area contributed by atoms with Gasteiger partial charge in [0.15, 0.2) is 0 Å². The van der Waals surface area contributed by atoms with Crippen LogP contribution in [-0.2, 0) is 16.1 Å². The Morgan fingerprint density at radius 1 is 1.70 bits per heavy atom. The zero-order valence-electron chi connectivity index (χ0n) is 10.5. The molecule has 108 valence electrons. The first-order valence-corrected chi connectivity index (χ1v) is 6.38. The second-order valence-corrected chi connectivity index (χ2v) is 4.43. The Balaban J connectivity index is 2.27. The summed E-state index contributed by atoms with van der Waals surface area (Å²) >= 11 is 1.22. The number of esters is 1. The molecule has 3 N–H and O–H groups in total. The number of hydrogen-bond acceptors (Lipinski definition) is 9. The zero-order valence-corrected chi connectivity index (χ0v) is 11.3. The molecule has 0 bridgehead atoms. The highest BCUT2D eigenvalue weighted by atomic mass is 32.2. The number of nitrogens with one attached hydrogen (secondary N) is 1. The van der Waals surface area contributed by atoms with Gasteiger partial charge in [0.2, 0.25) is 5.82 Å². The van der Waals surface area contributed by atoms with Gasteiger partial charge < -0.3 is 14.9 Å². The van der Waals surface area contributed by atoms with E-state index in [1.54, 1.807) is 5.41 Å². The number of carbonyl (C=O) groups excluding carboxylic acids is 1. The van der Waals surface area contributed by atoms with Gasteiger partial charge >= 0.3 is 11.8 Å². The van der Waals surface area contributed by atoms with Gasteiger partial charge in [0.05, 0.1) is 0 Å². The summed E-state index contributed by atoms with van der Waals surface area (Å²) in [5.41, 5.74) is 0.492. The number of nitro groups is 1. The third-order valence-electron chi connectivity index (χ3n) is 2.45. The van der Waals surface area contributed by atoms with Crippen LogP contribution in [0.1, 0.15) is 12.7 Å². The number of aromatic nitrogens is 2. The highest BCUT2D eigenvalue weighted by Crippen LogP contribution is 2.26. The lowest BCUT2D eigenvalue weighted by atomic mass is 10.4. The number of nitrogens with zero attached hydrogens (tertiary/aromatic N) is 4. The first-order chi connectivity index (χ1) is 9.50. The third-order valence-corrected chi connectivity index (χ3v) is 3.10. The molecule has 20 heavy (non-hydrogen) atoms. The summed E-state index contributed by atoms with van der Waals surface area (Å²) in [4.78, 5) is 27.9. The molecule has 0 unspecified atom stereocenters. The number of hydrogen-bond donors (Lipinski definition) is 2. The van der Waals surface area contributed by atoms with Crippen molar-refractivity contribution in [3.63, 3.8) is 0 Å². The molecule has 0 atom stereocenters. The Labute approximate surface area is 117 Å². The van der Waals surface area contributed by atoms with Crippen LogP contribution in [0.3, 0.4) is 0 Å². The van der Waals surface area contributed by atoms with E-state index in [-0.39, 0.29) is 19.0 Å². The van der Waals surface area contributed by atoms with Crippen molar-refractivity contribution in [1.82, 2.24) is 19.5 Å². The van der Waals surface area contributed by atoms with E-state index in [2.05, 4.69) is 9.82 Å². The summed E-state index contributed by atoms with van der Waals surface area (Å²) < 4.78 is 6.13. The van der Waals surface area contributed by atoms with Gasteiger partial charge in [-0.15, -0.1) is 0 Å². The van der Waals surface area contributed by atoms with Gasteiger partial charge in [-0.1, -0.05) is 0 Å².